The summed E-state index contributed by atoms with van der Waals surface area (Å²) in [4.78, 5) is 12.5. The smallest absolute Gasteiger partial charge is 0.193 e. The second kappa shape index (κ2) is 6.84. The van der Waals surface area contributed by atoms with E-state index in [1.165, 1.54) is 36.4 Å². The highest BCUT2D eigenvalue weighted by atomic mass is 16.5. The Labute approximate surface area is 149 Å². The first-order chi connectivity index (χ1) is 12.4. The largest absolute Gasteiger partial charge is 0.507 e. The average molecular weight is 354 g/mol. The molecule has 1 heterocycles. The molecule has 2 aromatic rings. The Kier molecular flexibility index (Phi) is 4.58. The zero-order chi connectivity index (χ0) is 18.8. The second-order valence-electron chi connectivity index (χ2n) is 6.09. The summed E-state index contributed by atoms with van der Waals surface area (Å²) in [5.74, 6) is -1.51. The molecule has 0 saturated heterocycles. The van der Waals surface area contributed by atoms with Crippen LogP contribution in [0.3, 0.4) is 0 Å². The van der Waals surface area contributed by atoms with Gasteiger partial charge in [-0.1, -0.05) is 18.2 Å². The third-order valence-electron chi connectivity index (χ3n) is 4.13. The van der Waals surface area contributed by atoms with Gasteiger partial charge in [0, 0.05) is 11.6 Å². The van der Waals surface area contributed by atoms with Crippen LogP contribution in [0.2, 0.25) is 0 Å². The van der Waals surface area contributed by atoms with Crippen LogP contribution in [0.5, 0.6) is 28.7 Å². The fraction of sp³-hybridized carbons (Fsp3) is 0.150. The minimum Gasteiger partial charge on any atom is -0.507 e. The molecule has 1 aliphatic heterocycles. The Morgan fingerprint density at radius 3 is 2.58 bits per heavy atom. The van der Waals surface area contributed by atoms with Gasteiger partial charge in [-0.05, 0) is 42.7 Å². The van der Waals surface area contributed by atoms with Crippen LogP contribution in [0.4, 0.5) is 0 Å². The van der Waals surface area contributed by atoms with Gasteiger partial charge in [0.15, 0.2) is 17.3 Å². The summed E-state index contributed by atoms with van der Waals surface area (Å²) in [6, 6.07) is 5.42. The maximum absolute atomic E-state index is 12.5. The van der Waals surface area contributed by atoms with E-state index in [0.717, 1.165) is 5.57 Å². The van der Waals surface area contributed by atoms with Crippen LogP contribution in [-0.4, -0.2) is 32.8 Å². The number of phenolic OH excluding ortho intramolecular Hbond substituents is 4. The standard InChI is InChI=1S/C20H18O6/c1-11-2-5-13-18(26-10-11)9-17(24)19(20(13)25)15(22)7-4-12-3-6-14(21)16(23)8-12/h2-4,6-9,21,23-25H,5,10H2,1H3. The highest BCUT2D eigenvalue weighted by molar-refractivity contribution is 6.11. The number of ether oxygens (including phenoxy) is 1. The zero-order valence-corrected chi connectivity index (χ0v) is 14.1. The third kappa shape index (κ3) is 3.35. The lowest BCUT2D eigenvalue weighted by Gasteiger charge is -2.13. The molecule has 4 N–H and O–H groups in total. The molecule has 0 atom stereocenters. The fourth-order valence-corrected chi connectivity index (χ4v) is 2.67. The lowest BCUT2D eigenvalue weighted by Crippen LogP contribution is -2.02. The van der Waals surface area contributed by atoms with Crippen molar-refractivity contribution in [3.05, 3.63) is 58.7 Å². The predicted molar refractivity (Wildman–Crippen MR) is 95.9 cm³/mol. The Hall–Kier alpha value is -3.41. The zero-order valence-electron chi connectivity index (χ0n) is 14.1. The van der Waals surface area contributed by atoms with E-state index in [-0.39, 0.29) is 28.6 Å². The van der Waals surface area contributed by atoms with Crippen molar-refractivity contribution in [3.63, 3.8) is 0 Å². The molecule has 0 aromatic heterocycles. The molecule has 26 heavy (non-hydrogen) atoms. The summed E-state index contributed by atoms with van der Waals surface area (Å²) < 4.78 is 5.54. The molecule has 0 unspecified atom stereocenters. The predicted octanol–water partition coefficient (Wildman–Crippen LogP) is 3.29. The van der Waals surface area contributed by atoms with E-state index in [9.17, 15) is 25.2 Å². The molecule has 0 bridgehead atoms. The van der Waals surface area contributed by atoms with Crippen molar-refractivity contribution in [3.8, 4) is 28.7 Å². The van der Waals surface area contributed by atoms with Crippen molar-refractivity contribution >= 4 is 11.9 Å². The number of fused-ring (bicyclic) bond motifs is 1. The molecule has 0 spiro atoms. The molecule has 3 rings (SSSR count). The number of hydrogen-bond acceptors (Lipinski definition) is 6. The monoisotopic (exact) mass is 354 g/mol. The van der Waals surface area contributed by atoms with Crippen molar-refractivity contribution < 1.29 is 30.0 Å². The number of benzene rings is 2. The highest BCUT2D eigenvalue weighted by Gasteiger charge is 2.23. The van der Waals surface area contributed by atoms with Crippen molar-refractivity contribution in [2.75, 3.05) is 6.61 Å². The molecular weight excluding hydrogens is 336 g/mol. The number of carbonyl (C=O) groups is 1. The average Bonchev–Trinajstić information content (AvgIpc) is 2.78. The maximum Gasteiger partial charge on any atom is 0.193 e. The summed E-state index contributed by atoms with van der Waals surface area (Å²) in [6.07, 6.45) is 4.87. The van der Waals surface area contributed by atoms with Gasteiger partial charge < -0.3 is 25.2 Å². The van der Waals surface area contributed by atoms with Crippen molar-refractivity contribution in [2.24, 2.45) is 0 Å². The lowest BCUT2D eigenvalue weighted by molar-refractivity contribution is 0.104. The van der Waals surface area contributed by atoms with Gasteiger partial charge in [0.1, 0.15) is 29.4 Å². The molecule has 6 heteroatoms. The number of hydrogen-bond donors (Lipinski definition) is 4. The lowest BCUT2D eigenvalue weighted by atomic mass is 9.99. The van der Waals surface area contributed by atoms with E-state index in [4.69, 9.17) is 4.74 Å². The quantitative estimate of drug-likeness (QED) is 0.292. The van der Waals surface area contributed by atoms with Crippen LogP contribution in [0.25, 0.3) is 6.08 Å². The van der Waals surface area contributed by atoms with Gasteiger partial charge in [-0.2, -0.15) is 0 Å². The highest BCUT2D eigenvalue weighted by Crippen LogP contribution is 2.40. The van der Waals surface area contributed by atoms with Gasteiger partial charge >= 0.3 is 0 Å². The van der Waals surface area contributed by atoms with Gasteiger partial charge in [0.2, 0.25) is 0 Å². The number of allylic oxidation sites excluding steroid dienone is 2. The molecule has 0 amide bonds. The van der Waals surface area contributed by atoms with Crippen molar-refractivity contribution in [1.82, 2.24) is 0 Å². The molecule has 0 aliphatic carbocycles. The molecule has 0 saturated carbocycles. The summed E-state index contributed by atoms with van der Waals surface area (Å²) in [6.45, 7) is 2.24. The van der Waals surface area contributed by atoms with E-state index in [1.807, 2.05) is 13.0 Å². The number of ketones is 1. The van der Waals surface area contributed by atoms with E-state index in [2.05, 4.69) is 0 Å². The van der Waals surface area contributed by atoms with Gasteiger partial charge in [-0.25, -0.2) is 0 Å². The van der Waals surface area contributed by atoms with E-state index in [1.54, 1.807) is 0 Å². The van der Waals surface area contributed by atoms with E-state index < -0.39 is 5.78 Å². The van der Waals surface area contributed by atoms with Gasteiger partial charge in [-0.3, -0.25) is 4.79 Å². The van der Waals surface area contributed by atoms with Gasteiger partial charge in [0.25, 0.3) is 0 Å². The third-order valence-corrected chi connectivity index (χ3v) is 4.13. The van der Waals surface area contributed by atoms with Crippen LogP contribution in [-0.2, 0) is 6.42 Å². The summed E-state index contributed by atoms with van der Waals surface area (Å²) in [7, 11) is 0. The minimum atomic E-state index is -0.597. The number of carbonyl (C=O) groups excluding carboxylic acids is 1. The Morgan fingerprint density at radius 1 is 1.08 bits per heavy atom. The molecule has 134 valence electrons. The van der Waals surface area contributed by atoms with Crippen molar-refractivity contribution in [2.45, 2.75) is 13.3 Å². The first kappa shape index (κ1) is 17.4. The fourth-order valence-electron chi connectivity index (χ4n) is 2.67. The van der Waals surface area contributed by atoms with Crippen LogP contribution in [0.15, 0.2) is 42.0 Å². The van der Waals surface area contributed by atoms with Gasteiger partial charge in [-0.15, -0.1) is 0 Å². The summed E-state index contributed by atoms with van der Waals surface area (Å²) in [5.41, 5.74) is 1.70. The van der Waals surface area contributed by atoms with E-state index in [0.29, 0.717) is 29.9 Å². The second-order valence-corrected chi connectivity index (χ2v) is 6.09. The van der Waals surface area contributed by atoms with Crippen LogP contribution in [0, 0.1) is 0 Å². The topological polar surface area (TPSA) is 107 Å². The summed E-state index contributed by atoms with van der Waals surface area (Å²) in [5, 5.41) is 39.4. The first-order valence-corrected chi connectivity index (χ1v) is 7.97. The number of rotatable bonds is 3. The summed E-state index contributed by atoms with van der Waals surface area (Å²) >= 11 is 0. The van der Waals surface area contributed by atoms with Crippen LogP contribution < -0.4 is 4.74 Å². The normalized spacial score (nSPS) is 13.7. The Balaban J connectivity index is 1.94. The molecule has 2 aromatic carbocycles. The van der Waals surface area contributed by atoms with E-state index >= 15 is 0 Å². The molecule has 0 radical (unpaired) electrons. The number of phenols is 4. The number of aromatic hydroxyl groups is 4. The molecule has 6 nitrogen and oxygen atoms in total. The maximum atomic E-state index is 12.5. The minimum absolute atomic E-state index is 0.209. The van der Waals surface area contributed by atoms with Crippen molar-refractivity contribution in [1.29, 1.82) is 0 Å². The van der Waals surface area contributed by atoms with Gasteiger partial charge in [0.05, 0.1) is 0 Å². The molecule has 0 fully saturated rings. The van der Waals surface area contributed by atoms with Crippen LogP contribution >= 0.6 is 0 Å². The Bertz CT molecular complexity index is 940. The SMILES string of the molecule is CC1=CCc2c(cc(O)c(C(=O)C=Cc3ccc(O)c(O)c3)c2O)OC1. The van der Waals surface area contributed by atoms with Crippen LogP contribution in [0.1, 0.15) is 28.4 Å². The first-order valence-electron chi connectivity index (χ1n) is 7.97. The molecule has 1 aliphatic rings. The Morgan fingerprint density at radius 2 is 1.85 bits per heavy atom. The molecular formula is C20H18O6.